The quantitative estimate of drug-likeness (QED) is 0.296. The van der Waals surface area contributed by atoms with Crippen molar-refractivity contribution in [1.82, 2.24) is 10.4 Å². The van der Waals surface area contributed by atoms with Gasteiger partial charge in [-0.15, -0.1) is 0 Å². The van der Waals surface area contributed by atoms with Crippen molar-refractivity contribution < 1.29 is 23.7 Å². The molecule has 1 aromatic heterocycles. The first-order chi connectivity index (χ1) is 17.1. The van der Waals surface area contributed by atoms with E-state index in [-0.39, 0.29) is 5.91 Å². The molecule has 0 fully saturated rings. The smallest absolute Gasteiger partial charge is 0.272 e. The number of methoxy groups -OCH3 is 4. The number of nitrogens with zero attached hydrogens (tertiary/aromatic N) is 2. The Morgan fingerprint density at radius 3 is 2.20 bits per heavy atom. The molecular weight excluding hydrogens is 446 g/mol. The van der Waals surface area contributed by atoms with Gasteiger partial charge in [-0.25, -0.2) is 10.4 Å². The molecule has 1 amide bonds. The van der Waals surface area contributed by atoms with Gasteiger partial charge >= 0.3 is 0 Å². The van der Waals surface area contributed by atoms with E-state index in [1.807, 2.05) is 48.5 Å². The number of carbonyl (C=O) groups excluding carboxylic acids is 1. The SMILES string of the molecule is COc1ccc(-c2cc(C(=O)N/N=C\c3cc(OC)c(OC)cc3OC)c3ccccc3n2)cc1. The van der Waals surface area contributed by atoms with Crippen molar-refractivity contribution >= 4 is 23.0 Å². The van der Waals surface area contributed by atoms with Gasteiger partial charge < -0.3 is 18.9 Å². The van der Waals surface area contributed by atoms with Gasteiger partial charge in [-0.2, -0.15) is 5.10 Å². The van der Waals surface area contributed by atoms with E-state index >= 15 is 0 Å². The van der Waals surface area contributed by atoms with Crippen molar-refractivity contribution in [3.63, 3.8) is 0 Å². The first kappa shape index (κ1) is 23.6. The van der Waals surface area contributed by atoms with Gasteiger partial charge in [0.25, 0.3) is 5.91 Å². The van der Waals surface area contributed by atoms with E-state index in [1.54, 1.807) is 46.6 Å². The summed E-state index contributed by atoms with van der Waals surface area (Å²) < 4.78 is 21.3. The normalized spacial score (nSPS) is 10.9. The summed E-state index contributed by atoms with van der Waals surface area (Å²) in [5.41, 5.74) is 5.92. The Hall–Kier alpha value is -4.59. The van der Waals surface area contributed by atoms with Crippen molar-refractivity contribution in [2.75, 3.05) is 28.4 Å². The Balaban J connectivity index is 1.65. The molecule has 3 aromatic carbocycles. The molecule has 0 unspecified atom stereocenters. The van der Waals surface area contributed by atoms with Crippen LogP contribution in [0.3, 0.4) is 0 Å². The van der Waals surface area contributed by atoms with Crippen LogP contribution >= 0.6 is 0 Å². The average molecular weight is 472 g/mol. The lowest BCUT2D eigenvalue weighted by Crippen LogP contribution is -2.18. The van der Waals surface area contributed by atoms with E-state index in [9.17, 15) is 4.79 Å². The van der Waals surface area contributed by atoms with Crippen LogP contribution in [0.25, 0.3) is 22.2 Å². The Labute approximate surface area is 203 Å². The summed E-state index contributed by atoms with van der Waals surface area (Å²) in [7, 11) is 6.25. The molecule has 1 heterocycles. The van der Waals surface area contributed by atoms with Crippen LogP contribution in [0.2, 0.25) is 0 Å². The second kappa shape index (κ2) is 10.6. The van der Waals surface area contributed by atoms with Gasteiger partial charge in [-0.1, -0.05) is 18.2 Å². The van der Waals surface area contributed by atoms with Crippen molar-refractivity contribution in [2.24, 2.45) is 5.10 Å². The topological polar surface area (TPSA) is 91.3 Å². The number of carbonyl (C=O) groups is 1. The third kappa shape index (κ3) is 5.01. The number of fused-ring (bicyclic) bond motifs is 1. The number of hydrogen-bond donors (Lipinski definition) is 1. The third-order valence-electron chi connectivity index (χ3n) is 5.45. The lowest BCUT2D eigenvalue weighted by atomic mass is 10.0. The molecule has 0 radical (unpaired) electrons. The number of ether oxygens (including phenoxy) is 4. The molecule has 0 aliphatic heterocycles. The summed E-state index contributed by atoms with van der Waals surface area (Å²) in [6.45, 7) is 0. The summed E-state index contributed by atoms with van der Waals surface area (Å²) >= 11 is 0. The molecule has 4 aromatic rings. The van der Waals surface area contributed by atoms with Crippen LogP contribution < -0.4 is 24.4 Å². The van der Waals surface area contributed by atoms with Gasteiger partial charge in [0.1, 0.15) is 11.5 Å². The summed E-state index contributed by atoms with van der Waals surface area (Å²) in [5.74, 6) is 1.95. The minimum atomic E-state index is -0.367. The molecule has 0 aliphatic carbocycles. The molecule has 1 N–H and O–H groups in total. The predicted molar refractivity (Wildman–Crippen MR) is 135 cm³/mol. The standard InChI is InChI=1S/C27H25N3O5/c1-32-19-11-9-17(10-12-19)23-14-21(20-7-5-6-8-22(20)29-23)27(31)30-28-16-18-13-25(34-3)26(35-4)15-24(18)33-2/h5-16H,1-4H3,(H,30,31)/b28-16-. The Kier molecular flexibility index (Phi) is 7.11. The van der Waals surface area contributed by atoms with Crippen LogP contribution in [0.4, 0.5) is 0 Å². The fourth-order valence-electron chi connectivity index (χ4n) is 3.65. The van der Waals surface area contributed by atoms with Gasteiger partial charge in [0.05, 0.1) is 51.4 Å². The molecule has 0 bridgehead atoms. The van der Waals surface area contributed by atoms with E-state index in [2.05, 4.69) is 10.5 Å². The molecule has 4 rings (SSSR count). The highest BCUT2D eigenvalue weighted by atomic mass is 16.5. The van der Waals surface area contributed by atoms with E-state index < -0.39 is 0 Å². The number of nitrogens with one attached hydrogen (secondary N) is 1. The van der Waals surface area contributed by atoms with Crippen LogP contribution in [0.15, 0.2) is 71.8 Å². The number of rotatable bonds is 8. The summed E-state index contributed by atoms with van der Waals surface area (Å²) in [6.07, 6.45) is 1.49. The number of aromatic nitrogens is 1. The largest absolute Gasteiger partial charge is 0.497 e. The Morgan fingerprint density at radius 1 is 0.829 bits per heavy atom. The van der Waals surface area contributed by atoms with Gasteiger partial charge in [0, 0.05) is 22.6 Å². The van der Waals surface area contributed by atoms with Gasteiger partial charge in [-0.3, -0.25) is 4.79 Å². The lowest BCUT2D eigenvalue weighted by Gasteiger charge is -2.12. The first-order valence-electron chi connectivity index (χ1n) is 10.8. The molecule has 0 aliphatic rings. The third-order valence-corrected chi connectivity index (χ3v) is 5.45. The predicted octanol–water partition coefficient (Wildman–Crippen LogP) is 4.70. The maximum Gasteiger partial charge on any atom is 0.272 e. The van der Waals surface area contributed by atoms with Crippen molar-refractivity contribution in [2.45, 2.75) is 0 Å². The van der Waals surface area contributed by atoms with E-state index in [0.29, 0.717) is 39.6 Å². The number of benzene rings is 3. The second-order valence-electron chi connectivity index (χ2n) is 7.45. The van der Waals surface area contributed by atoms with Crippen LogP contribution in [-0.4, -0.2) is 45.5 Å². The number of amides is 1. The van der Waals surface area contributed by atoms with Crippen molar-refractivity contribution in [3.8, 4) is 34.3 Å². The van der Waals surface area contributed by atoms with Gasteiger partial charge in [-0.05, 0) is 42.5 Å². The molecule has 178 valence electrons. The molecular formula is C27H25N3O5. The average Bonchev–Trinajstić information content (AvgIpc) is 2.91. The molecule has 0 atom stereocenters. The summed E-state index contributed by atoms with van der Waals surface area (Å²) in [4.78, 5) is 17.9. The van der Waals surface area contributed by atoms with Crippen LogP contribution in [0, 0.1) is 0 Å². The van der Waals surface area contributed by atoms with Gasteiger partial charge in [0.15, 0.2) is 11.5 Å². The maximum absolute atomic E-state index is 13.2. The first-order valence-corrected chi connectivity index (χ1v) is 10.8. The number of para-hydroxylation sites is 1. The van der Waals surface area contributed by atoms with E-state index in [0.717, 1.165) is 16.7 Å². The molecule has 0 spiro atoms. The summed E-state index contributed by atoms with van der Waals surface area (Å²) in [5, 5.41) is 4.87. The van der Waals surface area contributed by atoms with E-state index in [4.69, 9.17) is 23.9 Å². The Morgan fingerprint density at radius 2 is 1.51 bits per heavy atom. The molecule has 0 saturated heterocycles. The monoisotopic (exact) mass is 471 g/mol. The lowest BCUT2D eigenvalue weighted by molar-refractivity contribution is 0.0956. The van der Waals surface area contributed by atoms with Crippen LogP contribution in [-0.2, 0) is 0 Å². The van der Waals surface area contributed by atoms with Gasteiger partial charge in [0.2, 0.25) is 0 Å². The van der Waals surface area contributed by atoms with Crippen molar-refractivity contribution in [1.29, 1.82) is 0 Å². The maximum atomic E-state index is 13.2. The van der Waals surface area contributed by atoms with Crippen molar-refractivity contribution in [3.05, 3.63) is 77.9 Å². The highest BCUT2D eigenvalue weighted by Gasteiger charge is 2.14. The summed E-state index contributed by atoms with van der Waals surface area (Å²) in [6, 6.07) is 20.2. The zero-order valence-corrected chi connectivity index (χ0v) is 19.9. The molecule has 8 heteroatoms. The highest BCUT2D eigenvalue weighted by molar-refractivity contribution is 6.07. The zero-order chi connectivity index (χ0) is 24.8. The minimum Gasteiger partial charge on any atom is -0.497 e. The highest BCUT2D eigenvalue weighted by Crippen LogP contribution is 2.33. The zero-order valence-electron chi connectivity index (χ0n) is 19.9. The van der Waals surface area contributed by atoms with Crippen LogP contribution in [0.5, 0.6) is 23.0 Å². The Bertz CT molecular complexity index is 1380. The van der Waals surface area contributed by atoms with E-state index in [1.165, 1.54) is 6.21 Å². The fraction of sp³-hybridized carbons (Fsp3) is 0.148. The fourth-order valence-corrected chi connectivity index (χ4v) is 3.65. The number of hydrazone groups is 1. The second-order valence-corrected chi connectivity index (χ2v) is 7.45. The molecule has 35 heavy (non-hydrogen) atoms. The number of pyridine rings is 1. The number of hydrogen-bond acceptors (Lipinski definition) is 7. The van der Waals surface area contributed by atoms with Crippen LogP contribution in [0.1, 0.15) is 15.9 Å². The molecule has 8 nitrogen and oxygen atoms in total. The molecule has 0 saturated carbocycles. The minimum absolute atomic E-state index is 0.367.